The number of carbonyl (C=O) groups excluding carboxylic acids is 1. The normalized spacial score (nSPS) is 27.9. The Bertz CT molecular complexity index is 713. The molecular weight excluding hydrogens is 388 g/mol. The molecule has 3 N–H and O–H groups in total. The van der Waals surface area contributed by atoms with Crippen LogP contribution in [0.3, 0.4) is 0 Å². The summed E-state index contributed by atoms with van der Waals surface area (Å²) in [7, 11) is 0. The Morgan fingerprint density at radius 3 is 2.62 bits per heavy atom. The molecule has 1 aromatic carbocycles. The molecule has 4 rings (SSSR count). The molecule has 0 saturated carbocycles. The summed E-state index contributed by atoms with van der Waals surface area (Å²) in [4.78, 5) is 17.2. The van der Waals surface area contributed by atoms with Gasteiger partial charge >= 0.3 is 0 Å². The third-order valence-electron chi connectivity index (χ3n) is 5.70. The predicted molar refractivity (Wildman–Crippen MR) is 115 cm³/mol. The quantitative estimate of drug-likeness (QED) is 0.601. The molecule has 2 unspecified atom stereocenters. The summed E-state index contributed by atoms with van der Waals surface area (Å²) in [5.74, 6) is 0.600. The van der Waals surface area contributed by atoms with E-state index in [1.54, 1.807) is 6.08 Å². The highest BCUT2D eigenvalue weighted by atomic mass is 32.2. The van der Waals surface area contributed by atoms with E-state index in [1.807, 2.05) is 24.3 Å². The second kappa shape index (κ2) is 9.95. The average molecular weight is 419 g/mol. The van der Waals surface area contributed by atoms with Crippen LogP contribution in [0, 0.1) is 0 Å². The van der Waals surface area contributed by atoms with Crippen LogP contribution in [0.15, 0.2) is 29.2 Å². The van der Waals surface area contributed by atoms with Gasteiger partial charge in [0.05, 0.1) is 11.1 Å². The van der Waals surface area contributed by atoms with Crippen molar-refractivity contribution in [3.05, 3.63) is 34.7 Å². The number of piperazine rings is 1. The van der Waals surface area contributed by atoms with Gasteiger partial charge in [-0.25, -0.2) is 0 Å². The summed E-state index contributed by atoms with van der Waals surface area (Å²) < 4.78 is 5.90. The lowest BCUT2D eigenvalue weighted by atomic mass is 10.1. The first-order valence-electron chi connectivity index (χ1n) is 10.5. The molecule has 3 fully saturated rings. The summed E-state index contributed by atoms with van der Waals surface area (Å²) in [5, 5.41) is 15.5. The minimum Gasteiger partial charge on any atom is -0.492 e. The van der Waals surface area contributed by atoms with Crippen LogP contribution in [0.5, 0.6) is 5.75 Å². The molecule has 1 aromatic rings. The lowest BCUT2D eigenvalue weighted by molar-refractivity contribution is -0.117. The summed E-state index contributed by atoms with van der Waals surface area (Å²) in [5.41, 5.74) is 0.0636. The minimum atomic E-state index is -0.850. The van der Waals surface area contributed by atoms with Crippen molar-refractivity contribution in [2.45, 2.75) is 31.0 Å². The highest BCUT2D eigenvalue weighted by molar-refractivity contribution is 8.05. The van der Waals surface area contributed by atoms with Crippen LogP contribution in [0.1, 0.15) is 24.8 Å². The van der Waals surface area contributed by atoms with Crippen molar-refractivity contribution >= 4 is 23.7 Å². The molecule has 3 heterocycles. The maximum Gasteiger partial charge on any atom is 0.260 e. The fourth-order valence-corrected chi connectivity index (χ4v) is 4.81. The van der Waals surface area contributed by atoms with Crippen LogP contribution in [0.2, 0.25) is 0 Å². The third-order valence-corrected chi connectivity index (χ3v) is 6.60. The van der Waals surface area contributed by atoms with Crippen molar-refractivity contribution in [1.82, 2.24) is 20.4 Å². The van der Waals surface area contributed by atoms with Gasteiger partial charge in [-0.2, -0.15) is 0 Å². The molecular formula is C21H30N4O3S. The van der Waals surface area contributed by atoms with Gasteiger partial charge in [-0.1, -0.05) is 23.9 Å². The lowest BCUT2D eigenvalue weighted by Gasteiger charge is -2.41. The van der Waals surface area contributed by atoms with E-state index in [1.165, 1.54) is 19.3 Å². The van der Waals surface area contributed by atoms with Gasteiger partial charge in [0.2, 0.25) is 0 Å². The number of piperidine rings is 1. The number of rotatable bonds is 6. The van der Waals surface area contributed by atoms with Gasteiger partial charge in [-0.05, 0) is 49.6 Å². The number of thioether (sulfide) groups is 1. The molecule has 8 heteroatoms. The summed E-state index contributed by atoms with van der Waals surface area (Å²) in [6.45, 7) is 7.21. The fourth-order valence-electron chi connectivity index (χ4n) is 4.03. The number of amides is 1. The van der Waals surface area contributed by atoms with E-state index >= 15 is 0 Å². The Morgan fingerprint density at radius 2 is 1.97 bits per heavy atom. The number of nitrogens with zero attached hydrogens (tertiary/aromatic N) is 2. The molecule has 3 aliphatic rings. The fraction of sp³-hybridized carbons (Fsp3) is 0.571. The van der Waals surface area contributed by atoms with Crippen molar-refractivity contribution in [2.24, 2.45) is 0 Å². The smallest absolute Gasteiger partial charge is 0.260 e. The van der Waals surface area contributed by atoms with Gasteiger partial charge in [-0.3, -0.25) is 14.6 Å². The van der Waals surface area contributed by atoms with Crippen LogP contribution in [0.25, 0.3) is 6.08 Å². The molecule has 1 amide bonds. The number of aliphatic hydroxyl groups is 1. The van der Waals surface area contributed by atoms with Gasteiger partial charge in [0.25, 0.3) is 5.91 Å². The van der Waals surface area contributed by atoms with E-state index in [2.05, 4.69) is 20.4 Å². The number of nitrogens with one attached hydrogen (secondary N) is 2. The first-order chi connectivity index (χ1) is 14.2. The van der Waals surface area contributed by atoms with Crippen molar-refractivity contribution < 1.29 is 14.6 Å². The molecule has 0 aliphatic carbocycles. The lowest BCUT2D eigenvalue weighted by Crippen LogP contribution is -2.56. The Hall–Kier alpha value is -1.58. The zero-order valence-corrected chi connectivity index (χ0v) is 17.5. The van der Waals surface area contributed by atoms with Gasteiger partial charge < -0.3 is 20.5 Å². The molecule has 29 heavy (non-hydrogen) atoms. The predicted octanol–water partition coefficient (Wildman–Crippen LogP) is 1.26. The summed E-state index contributed by atoms with van der Waals surface area (Å²) >= 11 is 1.12. The van der Waals surface area contributed by atoms with Crippen molar-refractivity contribution in [2.75, 3.05) is 45.9 Å². The number of hydrogen-bond acceptors (Lipinski definition) is 7. The van der Waals surface area contributed by atoms with Crippen LogP contribution >= 0.6 is 11.8 Å². The molecule has 3 aliphatic heterocycles. The third kappa shape index (κ3) is 5.73. The molecule has 0 spiro atoms. The van der Waals surface area contributed by atoms with Crippen LogP contribution < -0.4 is 15.4 Å². The second-order valence-electron chi connectivity index (χ2n) is 7.71. The molecule has 2 atom stereocenters. The highest BCUT2D eigenvalue weighted by Gasteiger charge is 2.25. The summed E-state index contributed by atoms with van der Waals surface area (Å²) in [6.07, 6.45) is 6.28. The zero-order chi connectivity index (χ0) is 20.1. The largest absolute Gasteiger partial charge is 0.492 e. The monoisotopic (exact) mass is 418 g/mol. The van der Waals surface area contributed by atoms with Crippen molar-refractivity contribution in [3.8, 4) is 5.75 Å². The van der Waals surface area contributed by atoms with Crippen molar-refractivity contribution in [3.63, 3.8) is 0 Å². The molecule has 0 radical (unpaired) electrons. The Labute approximate surface area is 176 Å². The van der Waals surface area contributed by atoms with E-state index in [-0.39, 0.29) is 5.91 Å². The number of hydrogen-bond donors (Lipinski definition) is 3. The minimum absolute atomic E-state index is 0.234. The molecule has 0 aromatic heterocycles. The van der Waals surface area contributed by atoms with Gasteiger partial charge in [-0.15, -0.1) is 0 Å². The van der Waals surface area contributed by atoms with Gasteiger partial charge in [0.1, 0.15) is 12.4 Å². The number of benzene rings is 1. The van der Waals surface area contributed by atoms with E-state index in [0.29, 0.717) is 17.7 Å². The van der Waals surface area contributed by atoms with Crippen molar-refractivity contribution in [1.29, 1.82) is 0 Å². The Kier molecular flexibility index (Phi) is 7.10. The van der Waals surface area contributed by atoms with Crippen LogP contribution in [-0.2, 0) is 4.79 Å². The summed E-state index contributed by atoms with van der Waals surface area (Å²) in [6, 6.07) is 7.70. The second-order valence-corrected chi connectivity index (χ2v) is 8.84. The molecule has 3 saturated heterocycles. The molecule has 7 nitrogen and oxygen atoms in total. The van der Waals surface area contributed by atoms with Gasteiger partial charge in [0.15, 0.2) is 5.56 Å². The van der Waals surface area contributed by atoms with E-state index in [4.69, 9.17) is 4.74 Å². The Morgan fingerprint density at radius 1 is 1.17 bits per heavy atom. The standard InChI is InChI=1S/C21H30N4O3S/c26-20-18(29-21(27)23-20)15-16-4-6-17(7-5-16)28-14-13-24-9-11-25(12-10-24)19-3-1-2-8-22-19/h4-7,15,19,21-22,27H,1-3,8-14H2,(H,23,26)/b18-15+. The maximum atomic E-state index is 11.7. The van der Waals surface area contributed by atoms with Crippen LogP contribution in [0.4, 0.5) is 0 Å². The zero-order valence-electron chi connectivity index (χ0n) is 16.7. The molecule has 0 bridgehead atoms. The van der Waals surface area contributed by atoms with E-state index < -0.39 is 5.56 Å². The molecule has 158 valence electrons. The topological polar surface area (TPSA) is 77.1 Å². The van der Waals surface area contributed by atoms with E-state index in [9.17, 15) is 9.90 Å². The first-order valence-corrected chi connectivity index (χ1v) is 11.4. The Balaban J connectivity index is 1.17. The SMILES string of the molecule is O=C1NC(O)S/C1=C/c1ccc(OCCN2CCN(C3CCCCN3)CC2)cc1. The maximum absolute atomic E-state index is 11.7. The van der Waals surface area contributed by atoms with Gasteiger partial charge in [0, 0.05) is 32.7 Å². The first kappa shape index (κ1) is 20.7. The average Bonchev–Trinajstić information content (AvgIpc) is 3.07. The number of ether oxygens (including phenoxy) is 1. The number of carbonyl (C=O) groups is 1. The highest BCUT2D eigenvalue weighted by Crippen LogP contribution is 2.28. The van der Waals surface area contributed by atoms with E-state index in [0.717, 1.165) is 62.3 Å². The van der Waals surface area contributed by atoms with Crippen LogP contribution in [-0.4, -0.2) is 78.4 Å². The number of aliphatic hydroxyl groups excluding tert-OH is 1.